The predicted molar refractivity (Wildman–Crippen MR) is 83.1 cm³/mol. The van der Waals surface area contributed by atoms with E-state index in [0.717, 1.165) is 12.0 Å². The predicted octanol–water partition coefficient (Wildman–Crippen LogP) is 3.15. The SMILES string of the molecule is COC(=O)/C=C/C=C(C)\C=C\[C@]1(C)C[C@H](N)C=C[C@@H]1C. The summed E-state index contributed by atoms with van der Waals surface area (Å²) >= 11 is 0. The fourth-order valence-electron chi connectivity index (χ4n) is 2.23. The van der Waals surface area contributed by atoms with Crippen molar-refractivity contribution in [3.05, 3.63) is 48.1 Å². The first-order valence-corrected chi connectivity index (χ1v) is 6.93. The lowest BCUT2D eigenvalue weighted by molar-refractivity contribution is -0.134. The summed E-state index contributed by atoms with van der Waals surface area (Å²) in [6, 6.07) is 0.129. The lowest BCUT2D eigenvalue weighted by Gasteiger charge is -2.36. The van der Waals surface area contributed by atoms with Crippen molar-refractivity contribution in [3.63, 3.8) is 0 Å². The molecule has 0 aromatic heterocycles. The smallest absolute Gasteiger partial charge is 0.330 e. The fourth-order valence-corrected chi connectivity index (χ4v) is 2.23. The van der Waals surface area contributed by atoms with E-state index in [1.165, 1.54) is 13.2 Å². The van der Waals surface area contributed by atoms with Gasteiger partial charge in [-0.05, 0) is 24.7 Å². The van der Waals surface area contributed by atoms with Gasteiger partial charge >= 0.3 is 5.97 Å². The summed E-state index contributed by atoms with van der Waals surface area (Å²) < 4.78 is 4.53. The molecule has 0 amide bonds. The number of rotatable bonds is 4. The Morgan fingerprint density at radius 3 is 2.75 bits per heavy atom. The number of ether oxygens (including phenoxy) is 1. The molecule has 2 N–H and O–H groups in total. The lowest BCUT2D eigenvalue weighted by Crippen LogP contribution is -2.34. The summed E-state index contributed by atoms with van der Waals surface area (Å²) in [7, 11) is 1.37. The van der Waals surface area contributed by atoms with Crippen molar-refractivity contribution in [2.24, 2.45) is 17.1 Å². The topological polar surface area (TPSA) is 52.3 Å². The van der Waals surface area contributed by atoms with Gasteiger partial charge in [0, 0.05) is 12.1 Å². The van der Waals surface area contributed by atoms with E-state index in [2.05, 4.69) is 42.9 Å². The molecule has 0 saturated heterocycles. The molecule has 110 valence electrons. The summed E-state index contributed by atoms with van der Waals surface area (Å²) in [5, 5.41) is 0. The zero-order chi connectivity index (χ0) is 15.2. The minimum atomic E-state index is -0.345. The van der Waals surface area contributed by atoms with Crippen LogP contribution in [0.15, 0.2) is 48.1 Å². The number of nitrogens with two attached hydrogens (primary N) is 1. The van der Waals surface area contributed by atoms with Gasteiger partial charge in [-0.15, -0.1) is 0 Å². The minimum Gasteiger partial charge on any atom is -0.466 e. The van der Waals surface area contributed by atoms with Crippen LogP contribution < -0.4 is 5.73 Å². The maximum atomic E-state index is 11.0. The van der Waals surface area contributed by atoms with Crippen LogP contribution >= 0.6 is 0 Å². The van der Waals surface area contributed by atoms with E-state index < -0.39 is 0 Å². The maximum absolute atomic E-state index is 11.0. The van der Waals surface area contributed by atoms with Crippen molar-refractivity contribution in [2.75, 3.05) is 7.11 Å². The van der Waals surface area contributed by atoms with Crippen molar-refractivity contribution in [2.45, 2.75) is 33.2 Å². The largest absolute Gasteiger partial charge is 0.466 e. The summed E-state index contributed by atoms with van der Waals surface area (Å²) in [5.74, 6) is 0.124. The summed E-state index contributed by atoms with van der Waals surface area (Å²) in [4.78, 5) is 11.0. The number of carbonyl (C=O) groups is 1. The quantitative estimate of drug-likeness (QED) is 0.371. The minimum absolute atomic E-state index is 0.0787. The Labute approximate surface area is 121 Å². The first-order chi connectivity index (χ1) is 9.37. The average Bonchev–Trinajstić information content (AvgIpc) is 2.41. The highest BCUT2D eigenvalue weighted by Crippen LogP contribution is 2.38. The van der Waals surface area contributed by atoms with Gasteiger partial charge in [-0.25, -0.2) is 4.79 Å². The molecule has 0 spiro atoms. The van der Waals surface area contributed by atoms with Crippen LogP contribution in [0, 0.1) is 11.3 Å². The third-order valence-electron chi connectivity index (χ3n) is 3.88. The van der Waals surface area contributed by atoms with Gasteiger partial charge in [-0.1, -0.05) is 55.9 Å². The highest BCUT2D eigenvalue weighted by molar-refractivity contribution is 5.82. The number of esters is 1. The molecular formula is C17H25NO2. The number of hydrogen-bond donors (Lipinski definition) is 1. The summed E-state index contributed by atoms with van der Waals surface area (Å²) in [6.07, 6.45) is 14.5. The molecule has 20 heavy (non-hydrogen) atoms. The van der Waals surface area contributed by atoms with Gasteiger partial charge in [0.1, 0.15) is 0 Å². The van der Waals surface area contributed by atoms with Gasteiger partial charge in [0.05, 0.1) is 7.11 Å². The molecule has 0 saturated carbocycles. The normalized spacial score (nSPS) is 31.1. The zero-order valence-electron chi connectivity index (χ0n) is 12.8. The molecule has 0 aromatic carbocycles. The number of carbonyl (C=O) groups excluding carboxylic acids is 1. The van der Waals surface area contributed by atoms with Crippen molar-refractivity contribution >= 4 is 5.97 Å². The Kier molecular flexibility index (Phi) is 5.96. The van der Waals surface area contributed by atoms with Gasteiger partial charge in [-0.2, -0.15) is 0 Å². The molecule has 0 aromatic rings. The zero-order valence-corrected chi connectivity index (χ0v) is 12.8. The first kappa shape index (κ1) is 16.4. The molecule has 1 aliphatic carbocycles. The van der Waals surface area contributed by atoms with E-state index in [4.69, 9.17) is 5.73 Å². The molecule has 0 aliphatic heterocycles. The monoisotopic (exact) mass is 275 g/mol. The van der Waals surface area contributed by atoms with Crippen LogP contribution in [-0.2, 0) is 9.53 Å². The van der Waals surface area contributed by atoms with Gasteiger partial charge in [0.25, 0.3) is 0 Å². The number of methoxy groups -OCH3 is 1. The van der Waals surface area contributed by atoms with Crippen LogP contribution in [0.3, 0.4) is 0 Å². The molecule has 0 heterocycles. The van der Waals surface area contributed by atoms with E-state index in [1.54, 1.807) is 6.08 Å². The summed E-state index contributed by atoms with van der Waals surface area (Å²) in [5.41, 5.74) is 7.17. The Balaban J connectivity index is 2.71. The van der Waals surface area contributed by atoms with Crippen molar-refractivity contribution in [1.82, 2.24) is 0 Å². The van der Waals surface area contributed by atoms with Gasteiger partial charge in [0.2, 0.25) is 0 Å². The second kappa shape index (κ2) is 7.25. The Morgan fingerprint density at radius 1 is 1.40 bits per heavy atom. The molecule has 0 radical (unpaired) electrons. The highest BCUT2D eigenvalue weighted by atomic mass is 16.5. The third kappa shape index (κ3) is 4.82. The van der Waals surface area contributed by atoms with Crippen molar-refractivity contribution in [3.8, 4) is 0 Å². The molecule has 3 atom stereocenters. The van der Waals surface area contributed by atoms with Crippen LogP contribution in [0.25, 0.3) is 0 Å². The summed E-state index contributed by atoms with van der Waals surface area (Å²) in [6.45, 7) is 6.45. The Morgan fingerprint density at radius 2 is 2.10 bits per heavy atom. The maximum Gasteiger partial charge on any atom is 0.330 e. The van der Waals surface area contributed by atoms with Crippen LogP contribution in [0.1, 0.15) is 27.2 Å². The molecule has 3 heteroatoms. The molecule has 3 nitrogen and oxygen atoms in total. The fraction of sp³-hybridized carbons (Fsp3) is 0.471. The Bertz CT molecular complexity index is 460. The van der Waals surface area contributed by atoms with Gasteiger partial charge in [-0.3, -0.25) is 0 Å². The van der Waals surface area contributed by atoms with Gasteiger partial charge in [0.15, 0.2) is 0 Å². The van der Waals surface area contributed by atoms with E-state index >= 15 is 0 Å². The van der Waals surface area contributed by atoms with E-state index in [9.17, 15) is 4.79 Å². The highest BCUT2D eigenvalue weighted by Gasteiger charge is 2.31. The molecule has 0 bridgehead atoms. The van der Waals surface area contributed by atoms with E-state index in [-0.39, 0.29) is 17.4 Å². The van der Waals surface area contributed by atoms with Crippen LogP contribution in [0.5, 0.6) is 0 Å². The molecule has 0 unspecified atom stereocenters. The second-order valence-corrected chi connectivity index (χ2v) is 5.67. The van der Waals surface area contributed by atoms with Crippen LogP contribution in [-0.4, -0.2) is 19.1 Å². The molecular weight excluding hydrogens is 250 g/mol. The van der Waals surface area contributed by atoms with E-state index in [0.29, 0.717) is 5.92 Å². The Hall–Kier alpha value is -1.61. The standard InChI is InChI=1S/C17H25NO2/c1-13(6-5-7-16(19)20-4)10-11-17(3)12-15(18)9-8-14(17)2/h5-11,14-15H,12,18H2,1-4H3/b7-5+,11-10+,13-6-/t14-,15+,17+/m0/s1. The van der Waals surface area contributed by atoms with Crippen molar-refractivity contribution < 1.29 is 9.53 Å². The molecule has 1 rings (SSSR count). The first-order valence-electron chi connectivity index (χ1n) is 6.93. The van der Waals surface area contributed by atoms with Crippen molar-refractivity contribution in [1.29, 1.82) is 0 Å². The van der Waals surface area contributed by atoms with Gasteiger partial charge < -0.3 is 10.5 Å². The second-order valence-electron chi connectivity index (χ2n) is 5.67. The lowest BCUT2D eigenvalue weighted by atomic mass is 9.70. The molecule has 1 aliphatic rings. The molecule has 0 fully saturated rings. The average molecular weight is 275 g/mol. The van der Waals surface area contributed by atoms with Crippen LogP contribution in [0.4, 0.5) is 0 Å². The number of hydrogen-bond acceptors (Lipinski definition) is 3. The third-order valence-corrected chi connectivity index (χ3v) is 3.88. The van der Waals surface area contributed by atoms with Crippen LogP contribution in [0.2, 0.25) is 0 Å². The number of allylic oxidation sites excluding steroid dienone is 6. The van der Waals surface area contributed by atoms with E-state index in [1.807, 2.05) is 13.0 Å².